The van der Waals surface area contributed by atoms with Gasteiger partial charge in [0.1, 0.15) is 0 Å². The van der Waals surface area contributed by atoms with E-state index in [1.54, 1.807) is 0 Å². The molecule has 2 aliphatic carbocycles. The summed E-state index contributed by atoms with van der Waals surface area (Å²) in [6.07, 6.45) is 5.98. The summed E-state index contributed by atoms with van der Waals surface area (Å²) in [4.78, 5) is 0. The van der Waals surface area contributed by atoms with Crippen LogP contribution < -0.4 is 0 Å². The third kappa shape index (κ3) is 1.17. The fourth-order valence-corrected chi connectivity index (χ4v) is 4.44. The van der Waals surface area contributed by atoms with Crippen molar-refractivity contribution in [1.82, 2.24) is 0 Å². The molecule has 0 saturated heterocycles. The van der Waals surface area contributed by atoms with E-state index in [0.29, 0.717) is 0 Å². The van der Waals surface area contributed by atoms with Crippen LogP contribution in [0.25, 0.3) is 0 Å². The maximum Gasteiger partial charge on any atom is -0.0261 e. The molecular formula is C13H24. The molecule has 0 heterocycles. The third-order valence-electron chi connectivity index (χ3n) is 5.08. The summed E-state index contributed by atoms with van der Waals surface area (Å²) in [6, 6.07) is 0. The molecule has 2 fully saturated rings. The van der Waals surface area contributed by atoms with Gasteiger partial charge in [-0.05, 0) is 48.3 Å². The Balaban J connectivity index is 2.08. The summed E-state index contributed by atoms with van der Waals surface area (Å²) < 4.78 is 0. The van der Waals surface area contributed by atoms with Crippen LogP contribution >= 0.6 is 0 Å². The van der Waals surface area contributed by atoms with Gasteiger partial charge in [0.25, 0.3) is 0 Å². The van der Waals surface area contributed by atoms with E-state index in [0.717, 1.165) is 29.1 Å². The topological polar surface area (TPSA) is 0 Å². The van der Waals surface area contributed by atoms with E-state index in [9.17, 15) is 0 Å². The van der Waals surface area contributed by atoms with Crippen LogP contribution in [0.2, 0.25) is 0 Å². The summed E-state index contributed by atoms with van der Waals surface area (Å²) in [6.45, 7) is 9.75. The zero-order valence-electron chi connectivity index (χ0n) is 9.64. The van der Waals surface area contributed by atoms with Crippen LogP contribution in [0, 0.1) is 29.1 Å². The predicted molar refractivity (Wildman–Crippen MR) is 57.6 cm³/mol. The average molecular weight is 180 g/mol. The Morgan fingerprint density at radius 1 is 1.31 bits per heavy atom. The van der Waals surface area contributed by atoms with Crippen LogP contribution in [0.3, 0.4) is 0 Å². The van der Waals surface area contributed by atoms with E-state index in [-0.39, 0.29) is 0 Å². The van der Waals surface area contributed by atoms with Gasteiger partial charge < -0.3 is 0 Å². The normalized spacial score (nSPS) is 49.2. The Labute approximate surface area is 83.1 Å². The average Bonchev–Trinajstić information content (AvgIpc) is 2.29. The molecule has 0 bridgehead atoms. The van der Waals surface area contributed by atoms with Crippen molar-refractivity contribution >= 4 is 0 Å². The largest absolute Gasteiger partial charge is 0.0651 e. The van der Waals surface area contributed by atoms with Gasteiger partial charge in [0.05, 0.1) is 0 Å². The second-order valence-corrected chi connectivity index (χ2v) is 5.91. The van der Waals surface area contributed by atoms with E-state index in [1.165, 1.54) is 25.7 Å². The van der Waals surface area contributed by atoms with Crippen LogP contribution in [0.15, 0.2) is 0 Å². The third-order valence-corrected chi connectivity index (χ3v) is 5.08. The van der Waals surface area contributed by atoms with Crippen molar-refractivity contribution < 1.29 is 0 Å². The molecule has 0 heteroatoms. The summed E-state index contributed by atoms with van der Waals surface area (Å²) in [5.41, 5.74) is 0.745. The minimum atomic E-state index is 0.745. The second-order valence-electron chi connectivity index (χ2n) is 5.91. The van der Waals surface area contributed by atoms with Crippen molar-refractivity contribution in [2.75, 3.05) is 0 Å². The van der Waals surface area contributed by atoms with Crippen LogP contribution in [0.4, 0.5) is 0 Å². The van der Waals surface area contributed by atoms with E-state index in [4.69, 9.17) is 0 Å². The smallest absolute Gasteiger partial charge is 0.0261 e. The monoisotopic (exact) mass is 180 g/mol. The highest BCUT2D eigenvalue weighted by atomic mass is 14.6. The molecule has 0 aromatic heterocycles. The molecule has 13 heavy (non-hydrogen) atoms. The Morgan fingerprint density at radius 3 is 2.54 bits per heavy atom. The molecular weight excluding hydrogens is 156 g/mol. The van der Waals surface area contributed by atoms with Crippen LogP contribution in [-0.4, -0.2) is 0 Å². The number of rotatable bonds is 2. The Hall–Kier alpha value is 0. The lowest BCUT2D eigenvalue weighted by molar-refractivity contribution is -0.0456. The SMILES string of the molecule is CCC1CC2(C)C(C(C)C)CCC12. The quantitative estimate of drug-likeness (QED) is 0.600. The van der Waals surface area contributed by atoms with E-state index >= 15 is 0 Å². The molecule has 0 spiro atoms. The molecule has 4 atom stereocenters. The fourth-order valence-electron chi connectivity index (χ4n) is 4.44. The molecule has 0 amide bonds. The lowest BCUT2D eigenvalue weighted by atomic mass is 9.51. The minimum Gasteiger partial charge on any atom is -0.0651 e. The van der Waals surface area contributed by atoms with E-state index < -0.39 is 0 Å². The van der Waals surface area contributed by atoms with Gasteiger partial charge in [0, 0.05) is 0 Å². The lowest BCUT2D eigenvalue weighted by Gasteiger charge is -2.53. The molecule has 76 valence electrons. The van der Waals surface area contributed by atoms with Crippen molar-refractivity contribution in [1.29, 1.82) is 0 Å². The first-order chi connectivity index (χ1) is 6.09. The molecule has 0 aliphatic heterocycles. The molecule has 4 unspecified atom stereocenters. The first-order valence-electron chi connectivity index (χ1n) is 6.09. The summed E-state index contributed by atoms with van der Waals surface area (Å²) in [7, 11) is 0. The van der Waals surface area contributed by atoms with E-state index in [2.05, 4.69) is 27.7 Å². The van der Waals surface area contributed by atoms with Crippen molar-refractivity contribution in [2.45, 2.75) is 53.4 Å². The molecule has 2 aliphatic rings. The standard InChI is InChI=1S/C13H24/c1-5-10-8-13(4)11(9(2)3)6-7-12(10)13/h9-12H,5-8H2,1-4H3. The predicted octanol–water partition coefficient (Wildman–Crippen LogP) is 4.10. The van der Waals surface area contributed by atoms with Gasteiger partial charge >= 0.3 is 0 Å². The summed E-state index contributed by atoms with van der Waals surface area (Å²) >= 11 is 0. The zero-order valence-corrected chi connectivity index (χ0v) is 9.64. The molecule has 2 saturated carbocycles. The molecule has 0 radical (unpaired) electrons. The maximum absolute atomic E-state index is 2.56. The molecule has 0 nitrogen and oxygen atoms in total. The maximum atomic E-state index is 2.56. The summed E-state index contributed by atoms with van der Waals surface area (Å²) in [5.74, 6) is 4.10. The van der Waals surface area contributed by atoms with Crippen LogP contribution in [0.1, 0.15) is 53.4 Å². The minimum absolute atomic E-state index is 0.745. The van der Waals surface area contributed by atoms with Crippen LogP contribution in [-0.2, 0) is 0 Å². The fraction of sp³-hybridized carbons (Fsp3) is 1.00. The van der Waals surface area contributed by atoms with Crippen molar-refractivity contribution in [3.8, 4) is 0 Å². The Kier molecular flexibility index (Phi) is 2.20. The molecule has 2 rings (SSSR count). The van der Waals surface area contributed by atoms with Gasteiger partial charge in [0.2, 0.25) is 0 Å². The first-order valence-corrected chi connectivity index (χ1v) is 6.09. The van der Waals surface area contributed by atoms with Crippen molar-refractivity contribution in [2.24, 2.45) is 29.1 Å². The highest BCUT2D eigenvalue weighted by Crippen LogP contribution is 2.65. The molecule has 0 N–H and O–H groups in total. The van der Waals surface area contributed by atoms with Crippen LogP contribution in [0.5, 0.6) is 0 Å². The van der Waals surface area contributed by atoms with Gasteiger partial charge in [-0.15, -0.1) is 0 Å². The number of hydrogen-bond donors (Lipinski definition) is 0. The van der Waals surface area contributed by atoms with Crippen molar-refractivity contribution in [3.05, 3.63) is 0 Å². The summed E-state index contributed by atoms with van der Waals surface area (Å²) in [5, 5.41) is 0. The second kappa shape index (κ2) is 3.00. The number of fused-ring (bicyclic) bond motifs is 1. The van der Waals surface area contributed by atoms with E-state index in [1.807, 2.05) is 0 Å². The van der Waals surface area contributed by atoms with Gasteiger partial charge in [-0.3, -0.25) is 0 Å². The van der Waals surface area contributed by atoms with Crippen molar-refractivity contribution in [3.63, 3.8) is 0 Å². The number of hydrogen-bond acceptors (Lipinski definition) is 0. The highest BCUT2D eigenvalue weighted by Gasteiger charge is 2.57. The van der Waals surface area contributed by atoms with Gasteiger partial charge in [-0.2, -0.15) is 0 Å². The Morgan fingerprint density at radius 2 is 2.00 bits per heavy atom. The first kappa shape index (κ1) is 9.55. The zero-order chi connectivity index (χ0) is 9.64. The lowest BCUT2D eigenvalue weighted by Crippen LogP contribution is -2.46. The molecule has 0 aromatic rings. The van der Waals surface area contributed by atoms with Gasteiger partial charge in [-0.25, -0.2) is 0 Å². The van der Waals surface area contributed by atoms with Gasteiger partial charge in [0.15, 0.2) is 0 Å². The van der Waals surface area contributed by atoms with Gasteiger partial charge in [-0.1, -0.05) is 34.1 Å². The highest BCUT2D eigenvalue weighted by molar-refractivity contribution is 5.06. The molecule has 0 aromatic carbocycles. The Bertz CT molecular complexity index is 194.